The molecule has 152 valence electrons. The minimum atomic E-state index is -0.819. The molecule has 1 unspecified atom stereocenters. The molecule has 0 aliphatic heterocycles. The molecule has 0 saturated carbocycles. The number of hydrogen-bond donors (Lipinski definition) is 2. The fourth-order valence-electron chi connectivity index (χ4n) is 3.04. The highest BCUT2D eigenvalue weighted by molar-refractivity contribution is 6.30. The highest BCUT2D eigenvalue weighted by atomic mass is 35.5. The van der Waals surface area contributed by atoms with E-state index in [1.54, 1.807) is 48.5 Å². The molecule has 30 heavy (non-hydrogen) atoms. The molecule has 1 amide bonds. The zero-order valence-electron chi connectivity index (χ0n) is 16.0. The number of nitrogens with zero attached hydrogens (tertiary/aromatic N) is 2. The van der Waals surface area contributed by atoms with E-state index in [1.165, 1.54) is 0 Å². The van der Waals surface area contributed by atoms with Crippen molar-refractivity contribution < 1.29 is 14.6 Å². The van der Waals surface area contributed by atoms with Crippen LogP contribution in [0.15, 0.2) is 79.1 Å². The Hall–Kier alpha value is -3.35. The van der Waals surface area contributed by atoms with Crippen molar-refractivity contribution in [1.29, 1.82) is 0 Å². The summed E-state index contributed by atoms with van der Waals surface area (Å²) in [5.41, 5.74) is 2.78. The predicted octanol–water partition coefficient (Wildman–Crippen LogP) is 4.03. The summed E-state index contributed by atoms with van der Waals surface area (Å²) in [5, 5.41) is 13.6. The highest BCUT2D eigenvalue weighted by Crippen LogP contribution is 2.18. The molecule has 2 heterocycles. The molecule has 2 aromatic heterocycles. The van der Waals surface area contributed by atoms with Crippen molar-refractivity contribution in [1.82, 2.24) is 14.7 Å². The van der Waals surface area contributed by atoms with Crippen LogP contribution in [0, 0.1) is 0 Å². The summed E-state index contributed by atoms with van der Waals surface area (Å²) in [6.07, 6.45) is 3.01. The molecule has 2 aromatic carbocycles. The van der Waals surface area contributed by atoms with Crippen LogP contribution in [0.4, 0.5) is 0 Å². The monoisotopic (exact) mass is 421 g/mol. The van der Waals surface area contributed by atoms with E-state index >= 15 is 0 Å². The maximum absolute atomic E-state index is 12.5. The number of hydrogen-bond acceptors (Lipinski definition) is 4. The molecule has 2 N–H and O–H groups in total. The number of aliphatic hydroxyl groups excluding tert-OH is 1. The van der Waals surface area contributed by atoms with Crippen LogP contribution in [-0.4, -0.2) is 26.9 Å². The number of fused-ring (bicyclic) bond motifs is 1. The molecule has 1 atom stereocenters. The molecule has 0 aliphatic rings. The molecule has 0 radical (unpaired) electrons. The number of ether oxygens (including phenoxy) is 1. The van der Waals surface area contributed by atoms with Crippen molar-refractivity contribution in [3.63, 3.8) is 0 Å². The van der Waals surface area contributed by atoms with Crippen molar-refractivity contribution >= 4 is 23.2 Å². The number of carbonyl (C=O) groups is 1. The van der Waals surface area contributed by atoms with Crippen LogP contribution >= 0.6 is 11.6 Å². The van der Waals surface area contributed by atoms with Gasteiger partial charge in [-0.15, -0.1) is 0 Å². The third kappa shape index (κ3) is 4.79. The lowest BCUT2D eigenvalue weighted by Gasteiger charge is -2.13. The van der Waals surface area contributed by atoms with Gasteiger partial charge >= 0.3 is 0 Å². The van der Waals surface area contributed by atoms with Gasteiger partial charge in [-0.2, -0.15) is 0 Å². The quantitative estimate of drug-likeness (QED) is 0.472. The van der Waals surface area contributed by atoms with Gasteiger partial charge in [0.2, 0.25) is 0 Å². The van der Waals surface area contributed by atoms with Gasteiger partial charge in [0.1, 0.15) is 18.0 Å². The Morgan fingerprint density at radius 3 is 2.77 bits per heavy atom. The zero-order chi connectivity index (χ0) is 20.9. The lowest BCUT2D eigenvalue weighted by atomic mass is 10.1. The molecule has 4 aromatic rings. The molecular formula is C23H20ClN3O3. The Labute approximate surface area is 178 Å². The van der Waals surface area contributed by atoms with E-state index in [1.807, 2.05) is 35.0 Å². The Balaban J connectivity index is 1.35. The van der Waals surface area contributed by atoms with Crippen molar-refractivity contribution in [3.8, 4) is 5.75 Å². The summed E-state index contributed by atoms with van der Waals surface area (Å²) in [5.74, 6) is 0.277. The molecule has 0 saturated heterocycles. The normalized spacial score (nSPS) is 11.9. The number of halogens is 1. The number of aromatic nitrogens is 2. The fourth-order valence-corrected chi connectivity index (χ4v) is 3.16. The van der Waals surface area contributed by atoms with E-state index in [0.29, 0.717) is 28.5 Å². The first-order valence-corrected chi connectivity index (χ1v) is 9.83. The number of amides is 1. The number of carbonyl (C=O) groups excluding carboxylic acids is 1. The first kappa shape index (κ1) is 19.9. The van der Waals surface area contributed by atoms with E-state index < -0.39 is 6.10 Å². The van der Waals surface area contributed by atoms with Crippen LogP contribution in [0.2, 0.25) is 5.02 Å². The van der Waals surface area contributed by atoms with Gasteiger partial charge in [-0.1, -0.05) is 35.9 Å². The third-order valence-corrected chi connectivity index (χ3v) is 4.86. The maximum Gasteiger partial charge on any atom is 0.251 e. The number of aliphatic hydroxyl groups is 1. The Kier molecular flexibility index (Phi) is 5.97. The van der Waals surface area contributed by atoms with Crippen LogP contribution in [0.3, 0.4) is 0 Å². The van der Waals surface area contributed by atoms with Crippen LogP contribution in [0.5, 0.6) is 5.75 Å². The first-order valence-electron chi connectivity index (χ1n) is 9.46. The van der Waals surface area contributed by atoms with Gasteiger partial charge < -0.3 is 19.6 Å². The fraction of sp³-hybridized carbons (Fsp3) is 0.130. The number of rotatable bonds is 7. The highest BCUT2D eigenvalue weighted by Gasteiger charge is 2.12. The van der Waals surface area contributed by atoms with E-state index in [4.69, 9.17) is 16.3 Å². The third-order valence-electron chi connectivity index (χ3n) is 4.61. The number of pyridine rings is 1. The second-order valence-corrected chi connectivity index (χ2v) is 7.23. The van der Waals surface area contributed by atoms with E-state index in [9.17, 15) is 9.90 Å². The smallest absolute Gasteiger partial charge is 0.251 e. The van der Waals surface area contributed by atoms with Crippen molar-refractivity contribution in [2.24, 2.45) is 0 Å². The van der Waals surface area contributed by atoms with E-state index in [-0.39, 0.29) is 12.5 Å². The van der Waals surface area contributed by atoms with E-state index in [2.05, 4.69) is 10.3 Å². The van der Waals surface area contributed by atoms with Crippen molar-refractivity contribution in [3.05, 3.63) is 101 Å². The Bertz CT molecular complexity index is 1120. The van der Waals surface area contributed by atoms with Crippen LogP contribution in [0.25, 0.3) is 5.65 Å². The topological polar surface area (TPSA) is 75.9 Å². The minimum Gasteiger partial charge on any atom is -0.487 e. The predicted molar refractivity (Wildman–Crippen MR) is 115 cm³/mol. The Morgan fingerprint density at radius 1 is 1.13 bits per heavy atom. The van der Waals surface area contributed by atoms with Crippen molar-refractivity contribution in [2.75, 3.05) is 6.54 Å². The average molecular weight is 422 g/mol. The van der Waals surface area contributed by atoms with Crippen molar-refractivity contribution in [2.45, 2.75) is 12.7 Å². The summed E-state index contributed by atoms with van der Waals surface area (Å²) < 4.78 is 7.73. The summed E-state index contributed by atoms with van der Waals surface area (Å²) in [4.78, 5) is 17.0. The van der Waals surface area contributed by atoms with Crippen LogP contribution in [-0.2, 0) is 6.61 Å². The van der Waals surface area contributed by atoms with Gasteiger partial charge in [-0.25, -0.2) is 4.98 Å². The lowest BCUT2D eigenvalue weighted by molar-refractivity contribution is 0.0916. The number of imidazole rings is 1. The molecular weight excluding hydrogens is 402 g/mol. The number of benzene rings is 2. The van der Waals surface area contributed by atoms with E-state index in [0.717, 1.165) is 11.3 Å². The molecule has 0 fully saturated rings. The van der Waals surface area contributed by atoms with Gasteiger partial charge in [-0.3, -0.25) is 4.79 Å². The lowest BCUT2D eigenvalue weighted by Crippen LogP contribution is -2.28. The van der Waals surface area contributed by atoms with Gasteiger partial charge in [0.05, 0.1) is 11.8 Å². The summed E-state index contributed by atoms with van der Waals surface area (Å²) in [7, 11) is 0. The SMILES string of the molecule is O=C(NCC(O)c1ccc(Cl)cc1)c1cccc(OCc2cn3ccccc3n2)c1. The summed E-state index contributed by atoms with van der Waals surface area (Å²) in [6, 6.07) is 19.6. The van der Waals surface area contributed by atoms with Crippen LogP contribution < -0.4 is 10.1 Å². The second-order valence-electron chi connectivity index (χ2n) is 6.79. The Morgan fingerprint density at radius 2 is 1.97 bits per heavy atom. The van der Waals surface area contributed by atoms with Gasteiger partial charge in [0, 0.05) is 29.5 Å². The largest absolute Gasteiger partial charge is 0.487 e. The molecule has 4 rings (SSSR count). The maximum atomic E-state index is 12.5. The molecule has 0 spiro atoms. The zero-order valence-corrected chi connectivity index (χ0v) is 16.8. The standard InChI is InChI=1S/C23H20ClN3O3/c24-18-9-7-16(8-10-18)21(28)13-25-23(29)17-4-3-5-20(12-17)30-15-19-14-27-11-2-1-6-22(27)26-19/h1-12,14,21,28H,13,15H2,(H,25,29). The molecule has 0 bridgehead atoms. The minimum absolute atomic E-state index is 0.0901. The second kappa shape index (κ2) is 8.98. The van der Waals surface area contributed by atoms with Gasteiger partial charge in [-0.05, 0) is 48.0 Å². The molecule has 0 aliphatic carbocycles. The molecule has 7 heteroatoms. The summed E-state index contributed by atoms with van der Waals surface area (Å²) in [6.45, 7) is 0.384. The van der Waals surface area contributed by atoms with Gasteiger partial charge in [0.15, 0.2) is 0 Å². The first-order chi connectivity index (χ1) is 14.6. The van der Waals surface area contributed by atoms with Crippen LogP contribution in [0.1, 0.15) is 27.7 Å². The summed E-state index contributed by atoms with van der Waals surface area (Å²) >= 11 is 5.86. The number of nitrogens with one attached hydrogen (secondary N) is 1. The van der Waals surface area contributed by atoms with Gasteiger partial charge in [0.25, 0.3) is 5.91 Å². The average Bonchev–Trinajstić information content (AvgIpc) is 3.19. The molecule has 6 nitrogen and oxygen atoms in total.